The quantitative estimate of drug-likeness (QED) is 0.311. The van der Waals surface area contributed by atoms with Gasteiger partial charge in [-0.2, -0.15) is 0 Å². The summed E-state index contributed by atoms with van der Waals surface area (Å²) < 4.78 is 30.4. The Balaban J connectivity index is 3.01. The minimum Gasteiger partial charge on any atom is -0.409 e. The number of hydrogen-bond donors (Lipinski definition) is 3. The maximum Gasteiger partial charge on any atom is 0.235 e. The molecule has 0 unspecified atom stereocenters. The van der Waals surface area contributed by atoms with Crippen LogP contribution < -0.4 is 10.5 Å². The number of amidine groups is 1. The third-order valence-electron chi connectivity index (χ3n) is 2.19. The smallest absolute Gasteiger partial charge is 0.235 e. The van der Waals surface area contributed by atoms with E-state index in [-0.39, 0.29) is 28.9 Å². The zero-order valence-electron chi connectivity index (χ0n) is 10.1. The van der Waals surface area contributed by atoms with Crippen molar-refractivity contribution in [2.75, 3.05) is 24.2 Å². The highest BCUT2D eigenvalue weighted by molar-refractivity contribution is 7.92. The predicted molar refractivity (Wildman–Crippen MR) is 73.2 cm³/mol. The summed E-state index contributed by atoms with van der Waals surface area (Å²) in [6, 6.07) is 4.33. The number of halogens is 1. The minimum atomic E-state index is -3.57. The molecule has 0 atom stereocenters. The molecule has 0 aromatic heterocycles. The van der Waals surface area contributed by atoms with Crippen molar-refractivity contribution in [1.29, 1.82) is 0 Å². The Morgan fingerprint density at radius 2 is 2.26 bits per heavy atom. The van der Waals surface area contributed by atoms with E-state index in [1.165, 1.54) is 25.3 Å². The maximum atomic E-state index is 11.7. The summed E-state index contributed by atoms with van der Waals surface area (Å²) in [6.07, 6.45) is 0. The molecule has 0 heterocycles. The largest absolute Gasteiger partial charge is 0.409 e. The van der Waals surface area contributed by atoms with E-state index in [4.69, 9.17) is 27.3 Å². The zero-order valence-corrected chi connectivity index (χ0v) is 11.7. The molecule has 0 aliphatic rings. The fourth-order valence-corrected chi connectivity index (χ4v) is 2.45. The van der Waals surface area contributed by atoms with Crippen LogP contribution >= 0.6 is 11.6 Å². The highest BCUT2D eigenvalue weighted by Gasteiger charge is 2.13. The van der Waals surface area contributed by atoms with Gasteiger partial charge in [0.1, 0.15) is 0 Å². The van der Waals surface area contributed by atoms with Gasteiger partial charge in [-0.15, -0.1) is 0 Å². The van der Waals surface area contributed by atoms with Gasteiger partial charge in [0, 0.05) is 12.7 Å². The summed E-state index contributed by atoms with van der Waals surface area (Å²) in [6.45, 7) is 0.0624. The maximum absolute atomic E-state index is 11.7. The average Bonchev–Trinajstić information content (AvgIpc) is 2.38. The molecule has 0 fully saturated rings. The Kier molecular flexibility index (Phi) is 5.40. The van der Waals surface area contributed by atoms with Gasteiger partial charge in [-0.25, -0.2) is 8.42 Å². The predicted octanol–water partition coefficient (Wildman–Crippen LogP) is 0.823. The van der Waals surface area contributed by atoms with Gasteiger partial charge in [0.05, 0.1) is 23.1 Å². The Hall–Kier alpha value is -1.51. The molecule has 1 aromatic rings. The van der Waals surface area contributed by atoms with Gasteiger partial charge in [0.25, 0.3) is 0 Å². The summed E-state index contributed by atoms with van der Waals surface area (Å²) in [5.74, 6) is -0.345. The molecule has 9 heteroatoms. The van der Waals surface area contributed by atoms with Gasteiger partial charge in [-0.1, -0.05) is 16.8 Å². The molecule has 19 heavy (non-hydrogen) atoms. The third kappa shape index (κ3) is 4.58. The molecule has 0 radical (unpaired) electrons. The number of nitrogens with two attached hydrogens (primary N) is 1. The number of methoxy groups -OCH3 is 1. The third-order valence-corrected chi connectivity index (χ3v) is 3.76. The first-order valence-corrected chi connectivity index (χ1v) is 7.19. The molecule has 0 aliphatic heterocycles. The summed E-state index contributed by atoms with van der Waals surface area (Å²) in [5, 5.41) is 11.6. The van der Waals surface area contributed by atoms with Crippen LogP contribution in [0.4, 0.5) is 5.69 Å². The average molecular weight is 308 g/mol. The Morgan fingerprint density at radius 1 is 1.58 bits per heavy atom. The second kappa shape index (κ2) is 6.60. The van der Waals surface area contributed by atoms with Crippen molar-refractivity contribution in [2.24, 2.45) is 10.9 Å². The van der Waals surface area contributed by atoms with Crippen LogP contribution in [0.2, 0.25) is 5.02 Å². The highest BCUT2D eigenvalue weighted by atomic mass is 35.5. The van der Waals surface area contributed by atoms with E-state index < -0.39 is 10.0 Å². The van der Waals surface area contributed by atoms with Crippen molar-refractivity contribution in [1.82, 2.24) is 0 Å². The number of anilines is 1. The van der Waals surface area contributed by atoms with Crippen LogP contribution in [0, 0.1) is 0 Å². The van der Waals surface area contributed by atoms with Crippen LogP contribution in [0.25, 0.3) is 0 Å². The van der Waals surface area contributed by atoms with E-state index in [1.54, 1.807) is 0 Å². The van der Waals surface area contributed by atoms with Gasteiger partial charge < -0.3 is 15.7 Å². The highest BCUT2D eigenvalue weighted by Crippen LogP contribution is 2.24. The van der Waals surface area contributed by atoms with Crippen LogP contribution in [0.5, 0.6) is 0 Å². The first-order valence-electron chi connectivity index (χ1n) is 5.16. The molecule has 106 valence electrons. The van der Waals surface area contributed by atoms with Crippen LogP contribution in [-0.2, 0) is 14.8 Å². The van der Waals surface area contributed by atoms with Crippen LogP contribution in [0.3, 0.4) is 0 Å². The number of hydrogen-bond acceptors (Lipinski definition) is 5. The Bertz CT molecular complexity index is 574. The van der Waals surface area contributed by atoms with Gasteiger partial charge >= 0.3 is 0 Å². The van der Waals surface area contributed by atoms with Crippen molar-refractivity contribution in [3.05, 3.63) is 28.8 Å². The molecule has 0 saturated heterocycles. The zero-order chi connectivity index (χ0) is 14.5. The molecule has 4 N–H and O–H groups in total. The Labute approximate surface area is 116 Å². The van der Waals surface area contributed by atoms with Crippen molar-refractivity contribution >= 4 is 33.1 Å². The SMILES string of the molecule is COCCS(=O)(=O)Nc1cc(C(N)=NO)ccc1Cl. The Morgan fingerprint density at radius 3 is 2.84 bits per heavy atom. The van der Waals surface area contributed by atoms with Gasteiger partial charge in [-0.05, 0) is 18.2 Å². The van der Waals surface area contributed by atoms with E-state index in [9.17, 15) is 8.42 Å². The van der Waals surface area contributed by atoms with E-state index >= 15 is 0 Å². The summed E-state index contributed by atoms with van der Waals surface area (Å²) >= 11 is 5.88. The number of nitrogens with zero attached hydrogens (tertiary/aromatic N) is 1. The van der Waals surface area contributed by atoms with E-state index in [1.807, 2.05) is 0 Å². The normalized spacial score (nSPS) is 12.4. The monoisotopic (exact) mass is 307 g/mol. The first kappa shape index (κ1) is 15.5. The van der Waals surface area contributed by atoms with Crippen LogP contribution in [-0.4, -0.2) is 38.9 Å². The van der Waals surface area contributed by atoms with Crippen molar-refractivity contribution in [3.8, 4) is 0 Å². The number of oxime groups is 1. The summed E-state index contributed by atoms with van der Waals surface area (Å²) in [4.78, 5) is 0. The van der Waals surface area contributed by atoms with Gasteiger partial charge in [0.2, 0.25) is 10.0 Å². The number of sulfonamides is 1. The van der Waals surface area contributed by atoms with E-state index in [2.05, 4.69) is 9.88 Å². The second-order valence-electron chi connectivity index (χ2n) is 3.59. The first-order chi connectivity index (χ1) is 8.89. The number of benzene rings is 1. The topological polar surface area (TPSA) is 114 Å². The van der Waals surface area contributed by atoms with Crippen molar-refractivity contribution in [2.45, 2.75) is 0 Å². The molecule has 0 aliphatic carbocycles. The summed E-state index contributed by atoms with van der Waals surface area (Å²) in [7, 11) is -2.17. The molecule has 1 aromatic carbocycles. The molecule has 7 nitrogen and oxygen atoms in total. The standard InChI is InChI=1S/C10H14ClN3O4S/c1-18-4-5-19(16,17)14-9-6-7(10(12)13-15)2-3-8(9)11/h2-3,6,14-15H,4-5H2,1H3,(H2,12,13). The molecular formula is C10H14ClN3O4S. The fraction of sp³-hybridized carbons (Fsp3) is 0.300. The lowest BCUT2D eigenvalue weighted by Gasteiger charge is -2.10. The van der Waals surface area contributed by atoms with Crippen LogP contribution in [0.15, 0.2) is 23.4 Å². The lowest BCUT2D eigenvalue weighted by molar-refractivity contribution is 0.217. The van der Waals surface area contributed by atoms with Crippen molar-refractivity contribution in [3.63, 3.8) is 0 Å². The van der Waals surface area contributed by atoms with E-state index in [0.717, 1.165) is 0 Å². The lowest BCUT2D eigenvalue weighted by atomic mass is 10.2. The molecular weight excluding hydrogens is 294 g/mol. The number of ether oxygens (including phenoxy) is 1. The second-order valence-corrected chi connectivity index (χ2v) is 5.84. The van der Waals surface area contributed by atoms with Gasteiger partial charge in [-0.3, -0.25) is 4.72 Å². The summed E-state index contributed by atoms with van der Waals surface area (Å²) in [5.41, 5.74) is 5.92. The van der Waals surface area contributed by atoms with Crippen LogP contribution in [0.1, 0.15) is 5.56 Å². The van der Waals surface area contributed by atoms with Crippen molar-refractivity contribution < 1.29 is 18.4 Å². The fourth-order valence-electron chi connectivity index (χ4n) is 1.23. The minimum absolute atomic E-state index is 0.0624. The molecule has 0 saturated carbocycles. The molecule has 0 spiro atoms. The molecule has 0 amide bonds. The molecule has 0 bridgehead atoms. The number of rotatable bonds is 6. The molecule has 1 rings (SSSR count). The van der Waals surface area contributed by atoms with Gasteiger partial charge in [0.15, 0.2) is 5.84 Å². The van der Waals surface area contributed by atoms with E-state index in [0.29, 0.717) is 5.56 Å². The lowest BCUT2D eigenvalue weighted by Crippen LogP contribution is -2.20. The number of nitrogens with one attached hydrogen (secondary N) is 1.